The molecule has 21 heavy (non-hydrogen) atoms. The van der Waals surface area contributed by atoms with Crippen LogP contribution in [0.2, 0.25) is 0 Å². The second-order valence-electron chi connectivity index (χ2n) is 4.81. The number of anilines is 1. The predicted octanol–water partition coefficient (Wildman–Crippen LogP) is 0.409. The number of benzene rings is 1. The third kappa shape index (κ3) is 2.62. The molecule has 2 heterocycles. The molecule has 2 N–H and O–H groups in total. The summed E-state index contributed by atoms with van der Waals surface area (Å²) in [4.78, 5) is 33.4. The van der Waals surface area contributed by atoms with Gasteiger partial charge >= 0.3 is 5.97 Å². The van der Waals surface area contributed by atoms with Gasteiger partial charge in [0.2, 0.25) is 5.91 Å². The summed E-state index contributed by atoms with van der Waals surface area (Å²) >= 11 is 0. The number of rotatable bonds is 3. The second kappa shape index (κ2) is 5.35. The van der Waals surface area contributed by atoms with Crippen molar-refractivity contribution in [3.8, 4) is 0 Å². The molecule has 0 bridgehead atoms. The molecule has 0 aliphatic carbocycles. The highest BCUT2D eigenvalue weighted by atomic mass is 16.4. The molecular weight excluding hydrogens is 272 g/mol. The number of carbonyl (C=O) groups excluding carboxylic acids is 1. The molecule has 7 nitrogen and oxygen atoms in total. The average Bonchev–Trinajstić information content (AvgIpc) is 2.48. The minimum atomic E-state index is -1.02. The fourth-order valence-electron chi connectivity index (χ4n) is 2.44. The summed E-state index contributed by atoms with van der Waals surface area (Å²) in [6, 6.07) is 6.66. The number of hydrogen-bond acceptors (Lipinski definition) is 5. The molecular formula is C14H14N4O3. The van der Waals surface area contributed by atoms with Crippen LogP contribution in [0.4, 0.5) is 5.82 Å². The highest BCUT2D eigenvalue weighted by Gasteiger charge is 2.32. The van der Waals surface area contributed by atoms with Crippen molar-refractivity contribution in [1.29, 1.82) is 0 Å². The van der Waals surface area contributed by atoms with E-state index in [4.69, 9.17) is 5.11 Å². The van der Waals surface area contributed by atoms with Gasteiger partial charge in [0.15, 0.2) is 0 Å². The Morgan fingerprint density at radius 2 is 2.14 bits per heavy atom. The van der Waals surface area contributed by atoms with Crippen molar-refractivity contribution in [2.45, 2.75) is 12.5 Å². The van der Waals surface area contributed by atoms with E-state index in [0.29, 0.717) is 18.9 Å². The lowest BCUT2D eigenvalue weighted by molar-refractivity contribution is -0.139. The van der Waals surface area contributed by atoms with Crippen LogP contribution < -0.4 is 10.2 Å². The van der Waals surface area contributed by atoms with Crippen molar-refractivity contribution in [3.05, 3.63) is 30.5 Å². The minimum Gasteiger partial charge on any atom is -0.481 e. The lowest BCUT2D eigenvalue weighted by Gasteiger charge is -2.34. The number of piperazine rings is 1. The smallest absolute Gasteiger partial charge is 0.305 e. The summed E-state index contributed by atoms with van der Waals surface area (Å²) in [6.07, 6.45) is 1.32. The zero-order valence-electron chi connectivity index (χ0n) is 11.2. The van der Waals surface area contributed by atoms with Crippen LogP contribution in [0.25, 0.3) is 11.0 Å². The fraction of sp³-hybridized carbons (Fsp3) is 0.286. The Labute approximate surface area is 120 Å². The Hall–Kier alpha value is -2.70. The van der Waals surface area contributed by atoms with Crippen molar-refractivity contribution >= 4 is 28.7 Å². The lowest BCUT2D eigenvalue weighted by atomic mass is 10.1. The van der Waals surface area contributed by atoms with Crippen LogP contribution in [0.3, 0.4) is 0 Å². The van der Waals surface area contributed by atoms with Crippen molar-refractivity contribution in [2.75, 3.05) is 18.0 Å². The maximum atomic E-state index is 11.9. The van der Waals surface area contributed by atoms with E-state index < -0.39 is 12.0 Å². The molecule has 1 aromatic heterocycles. The van der Waals surface area contributed by atoms with Gasteiger partial charge in [0.1, 0.15) is 11.9 Å². The zero-order valence-corrected chi connectivity index (χ0v) is 11.2. The molecule has 0 radical (unpaired) electrons. The SMILES string of the molecule is O=C(O)CC1C(=O)NCCN1c1cnc2ccccc2n1. The van der Waals surface area contributed by atoms with Crippen LogP contribution in [-0.2, 0) is 9.59 Å². The fourth-order valence-corrected chi connectivity index (χ4v) is 2.44. The number of nitrogens with zero attached hydrogens (tertiary/aromatic N) is 3. The van der Waals surface area contributed by atoms with Crippen LogP contribution in [0.5, 0.6) is 0 Å². The summed E-state index contributed by atoms with van der Waals surface area (Å²) in [5.74, 6) is -0.788. The normalized spacial score (nSPS) is 18.6. The molecule has 1 aliphatic heterocycles. The van der Waals surface area contributed by atoms with E-state index in [1.165, 1.54) is 0 Å². The van der Waals surface area contributed by atoms with Crippen LogP contribution >= 0.6 is 0 Å². The highest BCUT2D eigenvalue weighted by molar-refractivity contribution is 5.90. The molecule has 7 heteroatoms. The molecule has 1 unspecified atom stereocenters. The number of carboxylic acids is 1. The standard InChI is InChI=1S/C14H14N4O3/c19-13(20)7-11-14(21)15-5-6-18(11)12-8-16-9-3-1-2-4-10(9)17-12/h1-4,8,11H,5-7H2,(H,15,21)(H,19,20). The lowest BCUT2D eigenvalue weighted by Crippen LogP contribution is -2.56. The van der Waals surface area contributed by atoms with E-state index in [0.717, 1.165) is 11.0 Å². The van der Waals surface area contributed by atoms with E-state index in [1.807, 2.05) is 24.3 Å². The molecule has 1 atom stereocenters. The first-order chi connectivity index (χ1) is 10.1. The van der Waals surface area contributed by atoms with E-state index in [9.17, 15) is 9.59 Å². The summed E-state index contributed by atoms with van der Waals surface area (Å²) < 4.78 is 0. The number of amides is 1. The Balaban J connectivity index is 1.97. The molecule has 3 rings (SSSR count). The average molecular weight is 286 g/mol. The van der Waals surface area contributed by atoms with E-state index in [1.54, 1.807) is 11.1 Å². The van der Waals surface area contributed by atoms with Gasteiger partial charge in [-0.15, -0.1) is 0 Å². The number of carbonyl (C=O) groups is 2. The Morgan fingerprint density at radius 3 is 2.90 bits per heavy atom. The summed E-state index contributed by atoms with van der Waals surface area (Å²) in [6.45, 7) is 0.972. The Bertz CT molecular complexity index is 703. The van der Waals surface area contributed by atoms with Gasteiger partial charge in [0.25, 0.3) is 0 Å². The van der Waals surface area contributed by atoms with Crippen LogP contribution in [0.1, 0.15) is 6.42 Å². The number of carboxylic acid groups (broad SMARTS) is 1. The monoisotopic (exact) mass is 286 g/mol. The van der Waals surface area contributed by atoms with Gasteiger partial charge in [-0.2, -0.15) is 0 Å². The third-order valence-electron chi connectivity index (χ3n) is 3.43. The van der Waals surface area contributed by atoms with Gasteiger partial charge in [-0.3, -0.25) is 14.6 Å². The van der Waals surface area contributed by atoms with Crippen molar-refractivity contribution in [1.82, 2.24) is 15.3 Å². The minimum absolute atomic E-state index is 0.264. The summed E-state index contributed by atoms with van der Waals surface area (Å²) in [5.41, 5.74) is 1.48. The van der Waals surface area contributed by atoms with Gasteiger partial charge in [-0.05, 0) is 12.1 Å². The van der Waals surface area contributed by atoms with Crippen molar-refractivity contribution in [3.63, 3.8) is 0 Å². The van der Waals surface area contributed by atoms with E-state index >= 15 is 0 Å². The first kappa shape index (κ1) is 13.3. The molecule has 1 saturated heterocycles. The van der Waals surface area contributed by atoms with E-state index in [-0.39, 0.29) is 12.3 Å². The van der Waals surface area contributed by atoms with Crippen LogP contribution in [0, 0.1) is 0 Å². The second-order valence-corrected chi connectivity index (χ2v) is 4.81. The maximum absolute atomic E-state index is 11.9. The molecule has 1 amide bonds. The molecule has 108 valence electrons. The van der Waals surface area contributed by atoms with Crippen molar-refractivity contribution in [2.24, 2.45) is 0 Å². The highest BCUT2D eigenvalue weighted by Crippen LogP contribution is 2.20. The zero-order chi connectivity index (χ0) is 14.8. The predicted molar refractivity (Wildman–Crippen MR) is 75.9 cm³/mol. The van der Waals surface area contributed by atoms with Crippen molar-refractivity contribution < 1.29 is 14.7 Å². The third-order valence-corrected chi connectivity index (χ3v) is 3.43. The van der Waals surface area contributed by atoms with Gasteiger partial charge in [0, 0.05) is 13.1 Å². The molecule has 0 saturated carbocycles. The molecule has 1 fully saturated rings. The van der Waals surface area contributed by atoms with Crippen LogP contribution in [0.15, 0.2) is 30.5 Å². The van der Waals surface area contributed by atoms with E-state index in [2.05, 4.69) is 15.3 Å². The largest absolute Gasteiger partial charge is 0.481 e. The van der Waals surface area contributed by atoms with Gasteiger partial charge in [-0.1, -0.05) is 12.1 Å². The van der Waals surface area contributed by atoms with Gasteiger partial charge in [0.05, 0.1) is 23.7 Å². The number of nitrogens with one attached hydrogen (secondary N) is 1. The Morgan fingerprint density at radius 1 is 1.38 bits per heavy atom. The van der Waals surface area contributed by atoms with Crippen LogP contribution in [-0.4, -0.2) is 46.1 Å². The molecule has 2 aromatic rings. The Kier molecular flexibility index (Phi) is 3.39. The maximum Gasteiger partial charge on any atom is 0.305 e. The molecule has 1 aliphatic rings. The summed E-state index contributed by atoms with van der Waals surface area (Å²) in [5, 5.41) is 11.7. The first-order valence-electron chi connectivity index (χ1n) is 6.63. The number of para-hydroxylation sites is 2. The number of aromatic nitrogens is 2. The topological polar surface area (TPSA) is 95.4 Å². The molecule has 1 aromatic carbocycles. The first-order valence-corrected chi connectivity index (χ1v) is 6.63. The number of hydrogen-bond donors (Lipinski definition) is 2. The number of aliphatic carboxylic acids is 1. The summed E-state index contributed by atoms with van der Waals surface area (Å²) in [7, 11) is 0. The van der Waals surface area contributed by atoms with Gasteiger partial charge in [-0.25, -0.2) is 4.98 Å². The van der Waals surface area contributed by atoms with Gasteiger partial charge < -0.3 is 15.3 Å². The quantitative estimate of drug-likeness (QED) is 0.848. The number of fused-ring (bicyclic) bond motifs is 1. The molecule has 0 spiro atoms.